The van der Waals surface area contributed by atoms with E-state index in [2.05, 4.69) is 4.37 Å². The van der Waals surface area contributed by atoms with E-state index < -0.39 is 15.9 Å². The van der Waals surface area contributed by atoms with Crippen LogP contribution >= 0.6 is 11.5 Å². The van der Waals surface area contributed by atoms with Crippen LogP contribution < -0.4 is 4.72 Å². The Morgan fingerprint density at radius 2 is 2.13 bits per heavy atom. The molecule has 0 fully saturated rings. The fraction of sp³-hybridized carbons (Fsp3) is 0.429. The van der Waals surface area contributed by atoms with Crippen molar-refractivity contribution in [1.82, 2.24) is 9.10 Å². The lowest BCUT2D eigenvalue weighted by molar-refractivity contribution is -0.117. The quantitative estimate of drug-likeness (QED) is 0.746. The van der Waals surface area contributed by atoms with Crippen LogP contribution in [0.1, 0.15) is 12.6 Å². The largest absolute Gasteiger partial charge is 0.505 e. The summed E-state index contributed by atoms with van der Waals surface area (Å²) in [5.74, 6) is -0.266. The molecule has 6 nitrogen and oxygen atoms in total. The zero-order chi connectivity index (χ0) is 12.1. The first-order chi connectivity index (χ1) is 6.72. The molecule has 1 heterocycles. The van der Waals surface area contributed by atoms with Gasteiger partial charge < -0.3 is 5.11 Å². The predicted molar refractivity (Wildman–Crippen MR) is 57.2 cm³/mol. The number of sulfonamides is 1. The fourth-order valence-electron chi connectivity index (χ4n) is 0.548. The molecule has 8 heteroatoms. The van der Waals surface area contributed by atoms with Gasteiger partial charge in [-0.2, -0.15) is 4.37 Å². The topological polar surface area (TPSA) is 96.4 Å². The third-order valence-corrected chi connectivity index (χ3v) is 2.42. The molecule has 0 atom stereocenters. The average Bonchev–Trinajstić information content (AvgIpc) is 2.31. The van der Waals surface area contributed by atoms with Gasteiger partial charge in [-0.1, -0.05) is 0 Å². The zero-order valence-corrected chi connectivity index (χ0v) is 10.1. The van der Waals surface area contributed by atoms with Crippen LogP contribution in [0.15, 0.2) is 5.38 Å². The summed E-state index contributed by atoms with van der Waals surface area (Å²) in [7, 11) is -3.32. The molecule has 0 spiro atoms. The molecule has 1 rings (SSSR count). The Morgan fingerprint density at radius 1 is 1.60 bits per heavy atom. The lowest BCUT2D eigenvalue weighted by atomic mass is 10.5. The van der Waals surface area contributed by atoms with Gasteiger partial charge in [-0.3, -0.25) is 9.52 Å². The van der Waals surface area contributed by atoms with Gasteiger partial charge in [0, 0.05) is 6.92 Å². The molecule has 0 unspecified atom stereocenters. The van der Waals surface area contributed by atoms with E-state index in [1.807, 2.05) is 0 Å². The Labute approximate surface area is 92.2 Å². The highest BCUT2D eigenvalue weighted by Gasteiger charge is 1.99. The van der Waals surface area contributed by atoms with Crippen molar-refractivity contribution in [2.24, 2.45) is 0 Å². The minimum atomic E-state index is -3.32. The number of rotatable bonds is 1. The third-order valence-electron chi connectivity index (χ3n) is 1.05. The Hall–Kier alpha value is -1.15. The molecule has 1 aromatic rings. The zero-order valence-electron chi connectivity index (χ0n) is 8.51. The summed E-state index contributed by atoms with van der Waals surface area (Å²) in [5, 5.41) is 10.3. The summed E-state index contributed by atoms with van der Waals surface area (Å²) in [4.78, 5) is 9.97. The van der Waals surface area contributed by atoms with E-state index >= 15 is 0 Å². The maximum atomic E-state index is 10.1. The van der Waals surface area contributed by atoms with Crippen molar-refractivity contribution < 1.29 is 18.3 Å². The van der Waals surface area contributed by atoms with Crippen molar-refractivity contribution in [2.75, 3.05) is 6.26 Å². The summed E-state index contributed by atoms with van der Waals surface area (Å²) < 4.78 is 25.7. The molecule has 86 valence electrons. The normalized spacial score (nSPS) is 10.1. The van der Waals surface area contributed by atoms with Crippen molar-refractivity contribution in [2.45, 2.75) is 13.8 Å². The molecule has 0 aliphatic carbocycles. The Morgan fingerprint density at radius 3 is 2.20 bits per heavy atom. The molecule has 0 saturated carbocycles. The van der Waals surface area contributed by atoms with Gasteiger partial charge in [-0.05, 0) is 18.5 Å². The van der Waals surface area contributed by atoms with E-state index in [9.17, 15) is 13.2 Å². The maximum Gasteiger partial charge on any atom is 0.231 e. The van der Waals surface area contributed by atoms with Gasteiger partial charge in [-0.15, -0.1) is 0 Å². The molecule has 0 aliphatic rings. The highest BCUT2D eigenvalue weighted by molar-refractivity contribution is 7.89. The number of aromatic hydroxyl groups is 1. The van der Waals surface area contributed by atoms with Crippen molar-refractivity contribution in [3.63, 3.8) is 0 Å². The maximum absolute atomic E-state index is 10.1. The van der Waals surface area contributed by atoms with Crippen molar-refractivity contribution in [3.8, 4) is 5.75 Å². The minimum absolute atomic E-state index is 0.296. The van der Waals surface area contributed by atoms with Gasteiger partial charge in [0.1, 0.15) is 5.75 Å². The number of carbonyl (C=O) groups is 1. The lowest BCUT2D eigenvalue weighted by Gasteiger charge is -1.93. The number of amides is 1. The van der Waals surface area contributed by atoms with E-state index in [1.165, 1.54) is 11.5 Å². The Kier molecular flexibility index (Phi) is 5.23. The van der Waals surface area contributed by atoms with Gasteiger partial charge in [-0.25, -0.2) is 8.42 Å². The second-order valence-corrected chi connectivity index (χ2v) is 5.09. The van der Waals surface area contributed by atoms with Crippen LogP contribution in [0.25, 0.3) is 0 Å². The molecule has 0 bridgehead atoms. The molecule has 1 amide bonds. The van der Waals surface area contributed by atoms with Crippen LogP contribution in [-0.2, 0) is 14.8 Å². The average molecular weight is 252 g/mol. The van der Waals surface area contributed by atoms with Crippen molar-refractivity contribution in [3.05, 3.63) is 11.1 Å². The van der Waals surface area contributed by atoms with Crippen LogP contribution in [0.2, 0.25) is 0 Å². The highest BCUT2D eigenvalue weighted by Crippen LogP contribution is 2.14. The number of nitrogens with zero attached hydrogens (tertiary/aromatic N) is 1. The van der Waals surface area contributed by atoms with E-state index in [0.29, 0.717) is 11.4 Å². The summed E-state index contributed by atoms with van der Waals surface area (Å²) in [6, 6.07) is 0. The smallest absolute Gasteiger partial charge is 0.231 e. The van der Waals surface area contributed by atoms with Crippen LogP contribution in [0.3, 0.4) is 0 Å². The third kappa shape index (κ3) is 7.89. The summed E-state index contributed by atoms with van der Waals surface area (Å²) >= 11 is 1.27. The standard InChI is InChI=1S/C4H5NOS.C3H7NO3S/c1-3-4(6)2-7-5-3;1-3(5)4-8(2,6)7/h2,6H,1H3;1-2H3,(H,4,5). The number of nitrogens with one attached hydrogen (secondary N) is 1. The van der Waals surface area contributed by atoms with Gasteiger partial charge in [0.25, 0.3) is 0 Å². The molecule has 0 radical (unpaired) electrons. The van der Waals surface area contributed by atoms with E-state index in [-0.39, 0.29) is 0 Å². The first-order valence-electron chi connectivity index (χ1n) is 3.80. The molecule has 0 saturated heterocycles. The van der Waals surface area contributed by atoms with Gasteiger partial charge in [0.2, 0.25) is 15.9 Å². The monoisotopic (exact) mass is 252 g/mol. The van der Waals surface area contributed by atoms with E-state index in [0.717, 1.165) is 13.2 Å². The van der Waals surface area contributed by atoms with Crippen molar-refractivity contribution >= 4 is 27.5 Å². The number of aromatic nitrogens is 1. The first kappa shape index (κ1) is 13.8. The van der Waals surface area contributed by atoms with Gasteiger partial charge in [0.15, 0.2) is 0 Å². The molecule has 2 N–H and O–H groups in total. The fourth-order valence-corrected chi connectivity index (χ4v) is 1.65. The number of hydrogen-bond donors (Lipinski definition) is 2. The van der Waals surface area contributed by atoms with Crippen LogP contribution in [0, 0.1) is 6.92 Å². The number of hydrogen-bond acceptors (Lipinski definition) is 6. The van der Waals surface area contributed by atoms with E-state index in [4.69, 9.17) is 5.11 Å². The predicted octanol–water partition coefficient (Wildman–Crippen LogP) is 0.239. The number of carbonyl (C=O) groups excluding carboxylic acids is 1. The van der Waals surface area contributed by atoms with Crippen LogP contribution in [0.5, 0.6) is 5.75 Å². The second-order valence-electron chi connectivity index (χ2n) is 2.72. The Bertz CT molecular complexity index is 407. The molecular weight excluding hydrogens is 240 g/mol. The summed E-state index contributed by atoms with van der Waals surface area (Å²) in [6.07, 6.45) is 0.925. The molecule has 15 heavy (non-hydrogen) atoms. The SMILES string of the molecule is CC(=O)NS(C)(=O)=O.Cc1nscc1O. The molecular formula is C7H12N2O4S2. The molecule has 1 aromatic heterocycles. The second kappa shape index (κ2) is 5.66. The van der Waals surface area contributed by atoms with Crippen molar-refractivity contribution in [1.29, 1.82) is 0 Å². The highest BCUT2D eigenvalue weighted by atomic mass is 32.2. The van der Waals surface area contributed by atoms with Crippen LogP contribution in [-0.4, -0.2) is 30.1 Å². The molecule has 0 aromatic carbocycles. The van der Waals surface area contributed by atoms with Gasteiger partial charge >= 0.3 is 0 Å². The van der Waals surface area contributed by atoms with Gasteiger partial charge in [0.05, 0.1) is 17.3 Å². The lowest BCUT2D eigenvalue weighted by Crippen LogP contribution is -2.26. The van der Waals surface area contributed by atoms with Crippen LogP contribution in [0.4, 0.5) is 0 Å². The summed E-state index contributed by atoms with van der Waals surface area (Å²) in [5.41, 5.74) is 0.713. The Balaban J connectivity index is 0.000000262. The minimum Gasteiger partial charge on any atom is -0.505 e. The van der Waals surface area contributed by atoms with E-state index in [1.54, 1.807) is 17.0 Å². The first-order valence-corrected chi connectivity index (χ1v) is 6.53. The summed E-state index contributed by atoms with van der Waals surface area (Å²) in [6.45, 7) is 2.91. The number of aryl methyl sites for hydroxylation is 1. The molecule has 0 aliphatic heterocycles.